The predicted molar refractivity (Wildman–Crippen MR) is 158 cm³/mol. The van der Waals surface area contributed by atoms with Gasteiger partial charge in [0.05, 0.1) is 18.2 Å². The Balaban J connectivity index is 1.26. The van der Waals surface area contributed by atoms with E-state index >= 15 is 0 Å². The Kier molecular flexibility index (Phi) is 7.30. The molecule has 0 amide bonds. The molecule has 1 aliphatic heterocycles. The zero-order chi connectivity index (χ0) is 27.5. The molecule has 4 aromatic rings. The molecule has 194 valence electrons. The molecule has 0 N–H and O–H groups in total. The molecular weight excluding hydrogens is 480 g/mol. The van der Waals surface area contributed by atoms with Gasteiger partial charge in [-0.05, 0) is 91.8 Å². The first-order valence-electron chi connectivity index (χ1n) is 13.3. The fourth-order valence-electron chi connectivity index (χ4n) is 5.47. The van der Waals surface area contributed by atoms with Crippen molar-refractivity contribution in [1.29, 1.82) is 5.26 Å². The lowest BCUT2D eigenvalue weighted by Crippen LogP contribution is -2.31. The number of anilines is 2. The van der Waals surface area contributed by atoms with Gasteiger partial charge in [0.1, 0.15) is 11.6 Å². The van der Waals surface area contributed by atoms with Crippen LogP contribution >= 0.6 is 0 Å². The smallest absolute Gasteiger partial charge is 0.193 e. The molecule has 3 heterocycles. The molecular formula is C33H32N6. The molecule has 0 aliphatic carbocycles. The van der Waals surface area contributed by atoms with Crippen LogP contribution in [0.4, 0.5) is 17.3 Å². The molecule has 1 aliphatic rings. The molecule has 2 aromatic carbocycles. The predicted octanol–water partition coefficient (Wildman–Crippen LogP) is 7.18. The molecule has 6 nitrogen and oxygen atoms in total. The zero-order valence-corrected chi connectivity index (χ0v) is 23.0. The van der Waals surface area contributed by atoms with Crippen molar-refractivity contribution < 1.29 is 0 Å². The fourth-order valence-corrected chi connectivity index (χ4v) is 5.47. The maximum atomic E-state index is 9.37. The van der Waals surface area contributed by atoms with Gasteiger partial charge in [-0.2, -0.15) is 5.26 Å². The molecule has 5 rings (SSSR count). The average Bonchev–Trinajstić information content (AvgIpc) is 3.19. The van der Waals surface area contributed by atoms with E-state index in [4.69, 9.17) is 16.5 Å². The molecule has 0 spiro atoms. The maximum absolute atomic E-state index is 9.37. The molecule has 0 saturated carbocycles. The lowest BCUT2D eigenvalue weighted by molar-refractivity contribution is 0.794. The van der Waals surface area contributed by atoms with Crippen molar-refractivity contribution in [2.75, 3.05) is 36.0 Å². The zero-order valence-electron chi connectivity index (χ0n) is 23.0. The van der Waals surface area contributed by atoms with Crippen molar-refractivity contribution in [3.05, 3.63) is 100 Å². The van der Waals surface area contributed by atoms with E-state index in [0.717, 1.165) is 100.0 Å². The van der Waals surface area contributed by atoms with E-state index in [1.807, 2.05) is 40.1 Å². The molecule has 1 fully saturated rings. The van der Waals surface area contributed by atoms with Gasteiger partial charge in [0.15, 0.2) is 5.69 Å². The standard InChI is InChI=1S/C33H32N6/c1-22-15-28(16-23(2)30(22)19-34)26-7-9-31(36-20-26)38-11-6-12-39(14-13-38)32-10-8-27(21-37-32)29-17-24(3)33(35-5)25(4)18-29/h7-10,15-18,20-21H,6,11-14H2,1-4H3. The number of nitriles is 1. The quantitative estimate of drug-likeness (QED) is 0.271. The Labute approximate surface area is 231 Å². The first-order valence-corrected chi connectivity index (χ1v) is 13.3. The summed E-state index contributed by atoms with van der Waals surface area (Å²) >= 11 is 0. The van der Waals surface area contributed by atoms with E-state index in [2.05, 4.69) is 69.2 Å². The van der Waals surface area contributed by atoms with Gasteiger partial charge >= 0.3 is 0 Å². The van der Waals surface area contributed by atoms with Gasteiger partial charge < -0.3 is 9.80 Å². The van der Waals surface area contributed by atoms with E-state index in [0.29, 0.717) is 0 Å². The Morgan fingerprint density at radius 2 is 1.15 bits per heavy atom. The normalized spacial score (nSPS) is 13.5. The minimum absolute atomic E-state index is 0.737. The van der Waals surface area contributed by atoms with Gasteiger partial charge in [0.25, 0.3) is 0 Å². The van der Waals surface area contributed by atoms with Gasteiger partial charge in [-0.25, -0.2) is 14.8 Å². The van der Waals surface area contributed by atoms with E-state index in [1.54, 1.807) is 0 Å². The fraction of sp³-hybridized carbons (Fsp3) is 0.273. The van der Waals surface area contributed by atoms with Crippen molar-refractivity contribution in [2.24, 2.45) is 0 Å². The number of pyridine rings is 2. The third-order valence-corrected chi connectivity index (χ3v) is 7.55. The highest BCUT2D eigenvalue weighted by Gasteiger charge is 2.18. The topological polar surface area (TPSA) is 60.4 Å². The van der Waals surface area contributed by atoms with Crippen LogP contribution in [0.3, 0.4) is 0 Å². The lowest BCUT2D eigenvalue weighted by atomic mass is 9.97. The van der Waals surface area contributed by atoms with Crippen molar-refractivity contribution in [3.63, 3.8) is 0 Å². The Morgan fingerprint density at radius 1 is 0.692 bits per heavy atom. The summed E-state index contributed by atoms with van der Waals surface area (Å²) in [6.45, 7) is 19.0. The van der Waals surface area contributed by atoms with Crippen LogP contribution < -0.4 is 9.80 Å². The molecule has 0 radical (unpaired) electrons. The Morgan fingerprint density at radius 3 is 1.54 bits per heavy atom. The second kappa shape index (κ2) is 11.0. The number of rotatable bonds is 4. The van der Waals surface area contributed by atoms with Crippen molar-refractivity contribution in [2.45, 2.75) is 34.1 Å². The van der Waals surface area contributed by atoms with E-state index in [9.17, 15) is 5.26 Å². The first kappa shape index (κ1) is 25.9. The van der Waals surface area contributed by atoms with Crippen LogP contribution in [-0.4, -0.2) is 36.1 Å². The Bertz CT molecular complexity index is 1420. The summed E-state index contributed by atoms with van der Waals surface area (Å²) < 4.78 is 0. The largest absolute Gasteiger partial charge is 0.355 e. The summed E-state index contributed by atoms with van der Waals surface area (Å²) in [5.74, 6) is 1.97. The third-order valence-electron chi connectivity index (χ3n) is 7.55. The van der Waals surface area contributed by atoms with Crippen LogP contribution in [0.2, 0.25) is 0 Å². The second-order valence-corrected chi connectivity index (χ2v) is 10.3. The number of hydrogen-bond acceptors (Lipinski definition) is 5. The number of nitrogens with zero attached hydrogens (tertiary/aromatic N) is 6. The summed E-state index contributed by atoms with van der Waals surface area (Å²) in [5, 5.41) is 9.37. The van der Waals surface area contributed by atoms with Crippen molar-refractivity contribution in [1.82, 2.24) is 9.97 Å². The molecule has 39 heavy (non-hydrogen) atoms. The third kappa shape index (κ3) is 5.33. The van der Waals surface area contributed by atoms with Gasteiger partial charge in [-0.3, -0.25) is 0 Å². The first-order chi connectivity index (χ1) is 18.9. The van der Waals surface area contributed by atoms with E-state index < -0.39 is 0 Å². The maximum Gasteiger partial charge on any atom is 0.193 e. The van der Waals surface area contributed by atoms with Crippen LogP contribution in [0, 0.1) is 45.6 Å². The van der Waals surface area contributed by atoms with Crippen LogP contribution in [0.1, 0.15) is 34.2 Å². The summed E-state index contributed by atoms with van der Waals surface area (Å²) in [6, 6.07) is 19.0. The van der Waals surface area contributed by atoms with Gasteiger partial charge in [-0.1, -0.05) is 24.3 Å². The summed E-state index contributed by atoms with van der Waals surface area (Å²) in [4.78, 5) is 18.0. The summed E-state index contributed by atoms with van der Waals surface area (Å²) in [5.41, 5.74) is 9.79. The average molecular weight is 513 g/mol. The minimum Gasteiger partial charge on any atom is -0.355 e. The second-order valence-electron chi connectivity index (χ2n) is 10.3. The van der Waals surface area contributed by atoms with Gasteiger partial charge in [0.2, 0.25) is 0 Å². The molecule has 6 heteroatoms. The molecule has 0 atom stereocenters. The number of aryl methyl sites for hydroxylation is 4. The minimum atomic E-state index is 0.737. The Hall–Kier alpha value is -4.68. The summed E-state index contributed by atoms with van der Waals surface area (Å²) in [7, 11) is 0. The van der Waals surface area contributed by atoms with Crippen LogP contribution in [0.15, 0.2) is 60.9 Å². The highest BCUT2D eigenvalue weighted by atomic mass is 15.3. The monoisotopic (exact) mass is 512 g/mol. The van der Waals surface area contributed by atoms with Crippen LogP contribution in [-0.2, 0) is 0 Å². The van der Waals surface area contributed by atoms with E-state index in [-0.39, 0.29) is 0 Å². The number of aromatic nitrogens is 2. The number of benzene rings is 2. The van der Waals surface area contributed by atoms with E-state index in [1.165, 1.54) is 0 Å². The van der Waals surface area contributed by atoms with Crippen molar-refractivity contribution >= 4 is 17.3 Å². The molecule has 1 saturated heterocycles. The van der Waals surface area contributed by atoms with Gasteiger partial charge in [0, 0.05) is 49.7 Å². The van der Waals surface area contributed by atoms with Crippen molar-refractivity contribution in [3.8, 4) is 28.3 Å². The molecule has 0 unspecified atom stereocenters. The van der Waals surface area contributed by atoms with Crippen LogP contribution in [0.25, 0.3) is 27.1 Å². The lowest BCUT2D eigenvalue weighted by Gasteiger charge is -2.23. The number of hydrogen-bond donors (Lipinski definition) is 0. The van der Waals surface area contributed by atoms with Crippen LogP contribution in [0.5, 0.6) is 0 Å². The molecule has 2 aromatic heterocycles. The molecule has 0 bridgehead atoms. The SMILES string of the molecule is [C-]#[N+]c1c(C)cc(-c2ccc(N3CCCN(c4ccc(-c5cc(C)c(C#N)c(C)c5)cn4)CC3)nc2)cc1C. The highest BCUT2D eigenvalue weighted by Crippen LogP contribution is 2.31. The highest BCUT2D eigenvalue weighted by molar-refractivity contribution is 5.72. The summed E-state index contributed by atoms with van der Waals surface area (Å²) in [6.07, 6.45) is 4.90. The van der Waals surface area contributed by atoms with Gasteiger partial charge in [-0.15, -0.1) is 0 Å².